The first kappa shape index (κ1) is 18.5. The van der Waals surface area contributed by atoms with Crippen LogP contribution in [-0.4, -0.2) is 33.2 Å². The number of carbonyl (C=O) groups is 1. The Kier molecular flexibility index (Phi) is 6.56. The second kappa shape index (κ2) is 8.86. The Labute approximate surface area is 144 Å². The predicted molar refractivity (Wildman–Crippen MR) is 91.1 cm³/mol. The summed E-state index contributed by atoms with van der Waals surface area (Å²) in [7, 11) is 3.12. The minimum atomic E-state index is -0.738. The van der Waals surface area contributed by atoms with Crippen LogP contribution in [0.1, 0.15) is 5.56 Å². The van der Waals surface area contributed by atoms with E-state index in [-0.39, 0.29) is 18.1 Å². The van der Waals surface area contributed by atoms with Gasteiger partial charge in [0.1, 0.15) is 11.6 Å². The number of carbonyl (C=O) groups excluding carboxylic acids is 1. The third kappa shape index (κ3) is 5.34. The smallest absolute Gasteiger partial charge is 0.239 e. The fourth-order valence-electron chi connectivity index (χ4n) is 2.25. The number of benzene rings is 2. The molecular weight excluding hydrogens is 330 g/mol. The van der Waals surface area contributed by atoms with Crippen molar-refractivity contribution >= 4 is 11.6 Å². The average Bonchev–Trinajstić information content (AvgIpc) is 2.60. The van der Waals surface area contributed by atoms with Crippen molar-refractivity contribution in [1.29, 1.82) is 0 Å². The zero-order valence-corrected chi connectivity index (χ0v) is 14.1. The number of hydrogen-bond donors (Lipinski definition) is 2. The molecule has 1 amide bonds. The van der Waals surface area contributed by atoms with Gasteiger partial charge < -0.3 is 20.1 Å². The van der Waals surface area contributed by atoms with Crippen molar-refractivity contribution in [3.8, 4) is 11.5 Å². The maximum Gasteiger partial charge on any atom is 0.239 e. The summed E-state index contributed by atoms with van der Waals surface area (Å²) in [5, 5.41) is 5.36. The standard InChI is InChI=1S/C18H20F2N2O3/c1-24-16-6-3-12(9-17(16)25-2)7-8-21-18(23)11-22-15-5-4-13(19)10-14(15)20/h3-6,9-10,22H,7-8,11H2,1-2H3,(H,21,23). The molecule has 2 rings (SSSR count). The summed E-state index contributed by atoms with van der Waals surface area (Å²) in [6, 6.07) is 8.67. The molecule has 25 heavy (non-hydrogen) atoms. The number of anilines is 1. The largest absolute Gasteiger partial charge is 0.493 e. The molecule has 0 aromatic heterocycles. The van der Waals surface area contributed by atoms with Crippen LogP contribution in [0.3, 0.4) is 0 Å². The fourth-order valence-corrected chi connectivity index (χ4v) is 2.25. The number of methoxy groups -OCH3 is 2. The molecule has 2 N–H and O–H groups in total. The summed E-state index contributed by atoms with van der Waals surface area (Å²) < 4.78 is 36.7. The summed E-state index contributed by atoms with van der Waals surface area (Å²) in [4.78, 5) is 11.8. The van der Waals surface area contributed by atoms with E-state index in [1.807, 2.05) is 12.1 Å². The third-order valence-electron chi connectivity index (χ3n) is 3.55. The van der Waals surface area contributed by atoms with Gasteiger partial charge in [0, 0.05) is 12.6 Å². The van der Waals surface area contributed by atoms with Gasteiger partial charge in [-0.25, -0.2) is 8.78 Å². The molecule has 5 nitrogen and oxygen atoms in total. The summed E-state index contributed by atoms with van der Waals surface area (Å²) in [6.45, 7) is 0.316. The van der Waals surface area contributed by atoms with Crippen LogP contribution in [0.15, 0.2) is 36.4 Å². The Morgan fingerprint density at radius 2 is 1.80 bits per heavy atom. The van der Waals surface area contributed by atoms with E-state index in [4.69, 9.17) is 9.47 Å². The second-order valence-corrected chi connectivity index (χ2v) is 5.27. The van der Waals surface area contributed by atoms with Crippen molar-refractivity contribution in [3.63, 3.8) is 0 Å². The molecule has 134 valence electrons. The van der Waals surface area contributed by atoms with Crippen LogP contribution in [0.25, 0.3) is 0 Å². The van der Waals surface area contributed by atoms with E-state index in [9.17, 15) is 13.6 Å². The molecule has 0 spiro atoms. The van der Waals surface area contributed by atoms with Crippen molar-refractivity contribution in [3.05, 3.63) is 53.6 Å². The Hall–Kier alpha value is -2.83. The molecule has 0 unspecified atom stereocenters. The van der Waals surface area contributed by atoms with Crippen LogP contribution >= 0.6 is 0 Å². The van der Waals surface area contributed by atoms with Crippen LogP contribution in [-0.2, 0) is 11.2 Å². The zero-order chi connectivity index (χ0) is 18.2. The highest BCUT2D eigenvalue weighted by Crippen LogP contribution is 2.27. The van der Waals surface area contributed by atoms with Crippen molar-refractivity contribution in [1.82, 2.24) is 5.32 Å². The van der Waals surface area contributed by atoms with Gasteiger partial charge in [-0.15, -0.1) is 0 Å². The van der Waals surface area contributed by atoms with E-state index < -0.39 is 11.6 Å². The molecule has 0 aliphatic carbocycles. The topological polar surface area (TPSA) is 59.6 Å². The third-order valence-corrected chi connectivity index (χ3v) is 3.55. The Bertz CT molecular complexity index is 738. The SMILES string of the molecule is COc1ccc(CCNC(=O)CNc2ccc(F)cc2F)cc1OC. The first-order valence-corrected chi connectivity index (χ1v) is 7.70. The van der Waals surface area contributed by atoms with Crippen LogP contribution in [0.4, 0.5) is 14.5 Å². The number of amides is 1. The highest BCUT2D eigenvalue weighted by atomic mass is 19.1. The molecular formula is C18H20F2N2O3. The Balaban J connectivity index is 1.78. The normalized spacial score (nSPS) is 10.2. The molecule has 0 saturated heterocycles. The molecule has 0 radical (unpaired) electrons. The molecule has 0 fully saturated rings. The molecule has 0 aliphatic heterocycles. The predicted octanol–water partition coefficient (Wildman–Crippen LogP) is 2.75. The van der Waals surface area contributed by atoms with Crippen molar-refractivity contribution < 1.29 is 23.0 Å². The number of rotatable bonds is 8. The van der Waals surface area contributed by atoms with Gasteiger partial charge in [-0.3, -0.25) is 4.79 Å². The second-order valence-electron chi connectivity index (χ2n) is 5.27. The minimum Gasteiger partial charge on any atom is -0.493 e. The summed E-state index contributed by atoms with van der Waals surface area (Å²) in [5.41, 5.74) is 1.06. The summed E-state index contributed by atoms with van der Waals surface area (Å²) >= 11 is 0. The molecule has 7 heteroatoms. The molecule has 0 bridgehead atoms. The van der Waals surface area contributed by atoms with Gasteiger partial charge in [0.2, 0.25) is 5.91 Å². The molecule has 0 aliphatic rings. The molecule has 0 saturated carbocycles. The van der Waals surface area contributed by atoms with Crippen LogP contribution in [0, 0.1) is 11.6 Å². The van der Waals surface area contributed by atoms with E-state index in [1.54, 1.807) is 20.3 Å². The van der Waals surface area contributed by atoms with Gasteiger partial charge >= 0.3 is 0 Å². The summed E-state index contributed by atoms with van der Waals surface area (Å²) in [6.07, 6.45) is 0.608. The van der Waals surface area contributed by atoms with E-state index >= 15 is 0 Å². The maximum atomic E-state index is 13.5. The molecule has 2 aromatic carbocycles. The highest BCUT2D eigenvalue weighted by molar-refractivity contribution is 5.80. The van der Waals surface area contributed by atoms with Gasteiger partial charge in [0.25, 0.3) is 0 Å². The zero-order valence-electron chi connectivity index (χ0n) is 14.1. The first-order chi connectivity index (χ1) is 12.0. The molecule has 2 aromatic rings. The van der Waals surface area contributed by atoms with Gasteiger partial charge in [-0.1, -0.05) is 6.07 Å². The Morgan fingerprint density at radius 1 is 1.04 bits per heavy atom. The maximum absolute atomic E-state index is 13.5. The lowest BCUT2D eigenvalue weighted by molar-refractivity contribution is -0.119. The average molecular weight is 350 g/mol. The minimum absolute atomic E-state index is 0.0800. The van der Waals surface area contributed by atoms with E-state index in [2.05, 4.69) is 10.6 Å². The van der Waals surface area contributed by atoms with Gasteiger partial charge in [0.05, 0.1) is 26.5 Å². The number of nitrogens with one attached hydrogen (secondary N) is 2. The van der Waals surface area contributed by atoms with Crippen LogP contribution in [0.5, 0.6) is 11.5 Å². The van der Waals surface area contributed by atoms with Crippen molar-refractivity contribution in [2.24, 2.45) is 0 Å². The highest BCUT2D eigenvalue weighted by Gasteiger charge is 2.07. The lowest BCUT2D eigenvalue weighted by Gasteiger charge is -2.11. The van der Waals surface area contributed by atoms with E-state index in [1.165, 1.54) is 6.07 Å². The molecule has 0 atom stereocenters. The van der Waals surface area contributed by atoms with Gasteiger partial charge in [0.15, 0.2) is 11.5 Å². The van der Waals surface area contributed by atoms with Crippen molar-refractivity contribution in [2.75, 3.05) is 32.6 Å². The lowest BCUT2D eigenvalue weighted by atomic mass is 10.1. The van der Waals surface area contributed by atoms with Crippen molar-refractivity contribution in [2.45, 2.75) is 6.42 Å². The van der Waals surface area contributed by atoms with Crippen LogP contribution in [0.2, 0.25) is 0 Å². The summed E-state index contributed by atoms with van der Waals surface area (Å²) in [5.74, 6) is -0.426. The number of hydrogen-bond acceptors (Lipinski definition) is 4. The molecule has 0 heterocycles. The van der Waals surface area contributed by atoms with E-state index in [0.29, 0.717) is 24.5 Å². The number of ether oxygens (including phenoxy) is 2. The van der Waals surface area contributed by atoms with Gasteiger partial charge in [-0.2, -0.15) is 0 Å². The fraction of sp³-hybridized carbons (Fsp3) is 0.278. The quantitative estimate of drug-likeness (QED) is 0.769. The lowest BCUT2D eigenvalue weighted by Crippen LogP contribution is -2.31. The monoisotopic (exact) mass is 350 g/mol. The van der Waals surface area contributed by atoms with Gasteiger partial charge in [-0.05, 0) is 36.2 Å². The Morgan fingerprint density at radius 3 is 2.48 bits per heavy atom. The first-order valence-electron chi connectivity index (χ1n) is 7.70. The number of halogens is 2. The van der Waals surface area contributed by atoms with Crippen LogP contribution < -0.4 is 20.1 Å². The van der Waals surface area contributed by atoms with E-state index in [0.717, 1.165) is 17.7 Å².